The van der Waals surface area contributed by atoms with E-state index in [9.17, 15) is 9.59 Å². The van der Waals surface area contributed by atoms with Gasteiger partial charge in [-0.25, -0.2) is 4.79 Å². The first-order valence-corrected chi connectivity index (χ1v) is 6.55. The molecule has 0 saturated heterocycles. The number of carboxylic acids is 1. The molecule has 2 aromatic carbocycles. The number of aromatic carboxylic acids is 1. The molecule has 19 heavy (non-hydrogen) atoms. The molecular weight excluding hydrogens is 357 g/mol. The molecule has 0 saturated carbocycles. The van der Waals surface area contributed by atoms with Gasteiger partial charge in [-0.3, -0.25) is 4.79 Å². The van der Waals surface area contributed by atoms with Crippen LogP contribution in [0.25, 0.3) is 0 Å². The molecule has 0 bridgehead atoms. The van der Waals surface area contributed by atoms with Crippen LogP contribution in [-0.4, -0.2) is 17.0 Å². The molecule has 0 aromatic heterocycles. The fourth-order valence-electron chi connectivity index (χ4n) is 1.55. The third-order valence-corrected chi connectivity index (χ3v) is 3.43. The Bertz CT molecular complexity index is 640. The molecular formula is C14H10INO3. The lowest BCUT2D eigenvalue weighted by Gasteiger charge is -2.07. The standard InChI is InChI=1S/C14H10INO3/c15-11-6-1-2-7-12(11)16-13(17)9-4-3-5-10(8-9)14(18)19/h1-8H,(H,16,17)(H,18,19). The topological polar surface area (TPSA) is 66.4 Å². The number of para-hydroxylation sites is 1. The lowest BCUT2D eigenvalue weighted by molar-refractivity contribution is 0.0697. The Morgan fingerprint density at radius 2 is 1.68 bits per heavy atom. The van der Waals surface area contributed by atoms with Crippen LogP contribution in [0, 0.1) is 3.57 Å². The Labute approximate surface area is 123 Å². The van der Waals surface area contributed by atoms with Crippen molar-refractivity contribution >= 4 is 40.2 Å². The summed E-state index contributed by atoms with van der Waals surface area (Å²) >= 11 is 2.12. The van der Waals surface area contributed by atoms with Crippen molar-refractivity contribution in [3.05, 3.63) is 63.2 Å². The van der Waals surface area contributed by atoms with Gasteiger partial charge in [0, 0.05) is 9.13 Å². The van der Waals surface area contributed by atoms with Gasteiger partial charge in [-0.2, -0.15) is 0 Å². The van der Waals surface area contributed by atoms with Crippen LogP contribution in [-0.2, 0) is 0 Å². The van der Waals surface area contributed by atoms with Gasteiger partial charge in [-0.15, -0.1) is 0 Å². The first-order valence-electron chi connectivity index (χ1n) is 5.47. The first kappa shape index (κ1) is 13.5. The second kappa shape index (κ2) is 5.83. The summed E-state index contributed by atoms with van der Waals surface area (Å²) < 4.78 is 0.919. The predicted octanol–water partition coefficient (Wildman–Crippen LogP) is 3.24. The van der Waals surface area contributed by atoms with Crippen LogP contribution in [0.2, 0.25) is 0 Å². The molecule has 2 N–H and O–H groups in total. The van der Waals surface area contributed by atoms with E-state index in [1.54, 1.807) is 18.2 Å². The third kappa shape index (κ3) is 3.31. The number of hydrogen-bond donors (Lipinski definition) is 2. The molecule has 5 heteroatoms. The fraction of sp³-hybridized carbons (Fsp3) is 0. The van der Waals surface area contributed by atoms with Gasteiger partial charge in [0.15, 0.2) is 0 Å². The van der Waals surface area contributed by atoms with E-state index >= 15 is 0 Å². The van der Waals surface area contributed by atoms with Gasteiger partial charge in [0.25, 0.3) is 5.91 Å². The van der Waals surface area contributed by atoms with Crippen molar-refractivity contribution in [3.8, 4) is 0 Å². The number of anilines is 1. The molecule has 4 nitrogen and oxygen atoms in total. The first-order chi connectivity index (χ1) is 9.08. The van der Waals surface area contributed by atoms with Crippen molar-refractivity contribution in [2.24, 2.45) is 0 Å². The number of benzene rings is 2. The molecule has 0 radical (unpaired) electrons. The zero-order valence-electron chi connectivity index (χ0n) is 9.76. The second-order valence-corrected chi connectivity index (χ2v) is 4.98. The van der Waals surface area contributed by atoms with Crippen LogP contribution >= 0.6 is 22.6 Å². The van der Waals surface area contributed by atoms with Crippen molar-refractivity contribution in [2.45, 2.75) is 0 Å². The molecule has 0 heterocycles. The Morgan fingerprint density at radius 3 is 2.37 bits per heavy atom. The minimum Gasteiger partial charge on any atom is -0.478 e. The summed E-state index contributed by atoms with van der Waals surface area (Å²) in [5, 5.41) is 11.6. The Hall–Kier alpha value is -1.89. The van der Waals surface area contributed by atoms with E-state index in [0.717, 1.165) is 3.57 Å². The largest absolute Gasteiger partial charge is 0.478 e. The quantitative estimate of drug-likeness (QED) is 0.819. The van der Waals surface area contributed by atoms with Crippen LogP contribution in [0.1, 0.15) is 20.7 Å². The van der Waals surface area contributed by atoms with Crippen molar-refractivity contribution in [3.63, 3.8) is 0 Å². The van der Waals surface area contributed by atoms with Crippen LogP contribution < -0.4 is 5.32 Å². The van der Waals surface area contributed by atoms with Gasteiger partial charge in [-0.1, -0.05) is 18.2 Å². The molecule has 2 rings (SSSR count). The third-order valence-electron chi connectivity index (χ3n) is 2.49. The highest BCUT2D eigenvalue weighted by Gasteiger charge is 2.10. The van der Waals surface area contributed by atoms with Gasteiger partial charge in [0.05, 0.1) is 11.3 Å². The molecule has 0 fully saturated rings. The van der Waals surface area contributed by atoms with Gasteiger partial charge < -0.3 is 10.4 Å². The average Bonchev–Trinajstić information content (AvgIpc) is 2.41. The summed E-state index contributed by atoms with van der Waals surface area (Å²) in [6.45, 7) is 0. The number of nitrogens with one attached hydrogen (secondary N) is 1. The van der Waals surface area contributed by atoms with Crippen LogP contribution in [0.15, 0.2) is 48.5 Å². The molecule has 0 atom stereocenters. The lowest BCUT2D eigenvalue weighted by Crippen LogP contribution is -2.13. The Kier molecular flexibility index (Phi) is 4.16. The summed E-state index contributed by atoms with van der Waals surface area (Å²) in [6, 6.07) is 13.3. The molecule has 0 aliphatic heterocycles. The summed E-state index contributed by atoms with van der Waals surface area (Å²) in [4.78, 5) is 22.9. The summed E-state index contributed by atoms with van der Waals surface area (Å²) in [7, 11) is 0. The monoisotopic (exact) mass is 367 g/mol. The minimum absolute atomic E-state index is 0.0930. The van der Waals surface area contributed by atoms with Crippen molar-refractivity contribution < 1.29 is 14.7 Å². The smallest absolute Gasteiger partial charge is 0.335 e. The number of carbonyl (C=O) groups excluding carboxylic acids is 1. The Morgan fingerprint density at radius 1 is 1.00 bits per heavy atom. The molecule has 1 amide bonds. The van der Waals surface area contributed by atoms with E-state index in [1.807, 2.05) is 18.2 Å². The van der Waals surface area contributed by atoms with E-state index in [-0.39, 0.29) is 11.5 Å². The maximum atomic E-state index is 12.0. The van der Waals surface area contributed by atoms with Gasteiger partial charge in [-0.05, 0) is 52.9 Å². The maximum absolute atomic E-state index is 12.0. The minimum atomic E-state index is -1.05. The number of amides is 1. The highest BCUT2D eigenvalue weighted by Crippen LogP contribution is 2.18. The van der Waals surface area contributed by atoms with Crippen molar-refractivity contribution in [2.75, 3.05) is 5.32 Å². The van der Waals surface area contributed by atoms with E-state index in [2.05, 4.69) is 27.9 Å². The average molecular weight is 367 g/mol. The van der Waals surface area contributed by atoms with Crippen LogP contribution in [0.3, 0.4) is 0 Å². The van der Waals surface area contributed by atoms with E-state index in [1.165, 1.54) is 12.1 Å². The maximum Gasteiger partial charge on any atom is 0.335 e. The SMILES string of the molecule is O=C(O)c1cccc(C(=O)Nc2ccccc2I)c1. The fourth-order valence-corrected chi connectivity index (χ4v) is 2.07. The predicted molar refractivity (Wildman–Crippen MR) is 80.5 cm³/mol. The number of carbonyl (C=O) groups is 2. The van der Waals surface area contributed by atoms with E-state index in [4.69, 9.17) is 5.11 Å². The summed E-state index contributed by atoms with van der Waals surface area (Å²) in [5.41, 5.74) is 1.11. The van der Waals surface area contributed by atoms with Gasteiger partial charge in [0.1, 0.15) is 0 Å². The normalized spacial score (nSPS) is 9.95. The van der Waals surface area contributed by atoms with Crippen molar-refractivity contribution in [1.82, 2.24) is 0 Å². The highest BCUT2D eigenvalue weighted by atomic mass is 127. The molecule has 0 aliphatic rings. The zero-order valence-corrected chi connectivity index (χ0v) is 11.9. The highest BCUT2D eigenvalue weighted by molar-refractivity contribution is 14.1. The molecule has 96 valence electrons. The van der Waals surface area contributed by atoms with Crippen LogP contribution in [0.4, 0.5) is 5.69 Å². The molecule has 0 spiro atoms. The summed E-state index contributed by atoms with van der Waals surface area (Å²) in [5.74, 6) is -1.38. The Balaban J connectivity index is 2.23. The zero-order chi connectivity index (χ0) is 13.8. The number of halogens is 1. The number of hydrogen-bond acceptors (Lipinski definition) is 2. The number of carboxylic acid groups (broad SMARTS) is 1. The molecule has 2 aromatic rings. The van der Waals surface area contributed by atoms with E-state index in [0.29, 0.717) is 11.3 Å². The van der Waals surface area contributed by atoms with Crippen molar-refractivity contribution in [1.29, 1.82) is 0 Å². The molecule has 0 unspecified atom stereocenters. The summed E-state index contributed by atoms with van der Waals surface area (Å²) in [6.07, 6.45) is 0. The van der Waals surface area contributed by atoms with E-state index < -0.39 is 5.97 Å². The molecule has 0 aliphatic carbocycles. The second-order valence-electron chi connectivity index (χ2n) is 3.82. The van der Waals surface area contributed by atoms with Gasteiger partial charge in [0.2, 0.25) is 0 Å². The van der Waals surface area contributed by atoms with Crippen LogP contribution in [0.5, 0.6) is 0 Å². The lowest BCUT2D eigenvalue weighted by atomic mass is 10.1. The number of rotatable bonds is 3. The van der Waals surface area contributed by atoms with Gasteiger partial charge >= 0.3 is 5.97 Å².